The van der Waals surface area contributed by atoms with Crippen LogP contribution in [0, 0.1) is 17.1 Å². The van der Waals surface area contributed by atoms with Gasteiger partial charge in [-0.25, -0.2) is 4.39 Å². The van der Waals surface area contributed by atoms with Crippen LogP contribution in [0.1, 0.15) is 11.1 Å². The number of benzene rings is 1. The number of nitrogens with one attached hydrogen (secondary N) is 1. The van der Waals surface area contributed by atoms with Gasteiger partial charge < -0.3 is 10.1 Å². The van der Waals surface area contributed by atoms with Crippen molar-refractivity contribution in [3.63, 3.8) is 0 Å². The molecule has 0 unspecified atom stereocenters. The van der Waals surface area contributed by atoms with Crippen LogP contribution in [0.15, 0.2) is 18.2 Å². The van der Waals surface area contributed by atoms with Crippen molar-refractivity contribution in [1.29, 1.82) is 5.26 Å². The maximum atomic E-state index is 13.1. The molecule has 1 fully saturated rings. The fraction of sp³-hybridized carbons (Fsp3) is 0.417. The first-order valence-electron chi connectivity index (χ1n) is 5.13. The molecule has 3 nitrogen and oxygen atoms in total. The molecule has 0 aromatic heterocycles. The number of hydrogen-bond donors (Lipinski definition) is 1. The monoisotopic (exact) mass is 220 g/mol. The molecule has 1 N–H and O–H groups in total. The summed E-state index contributed by atoms with van der Waals surface area (Å²) in [6, 6.07) is 6.48. The molecule has 0 spiro atoms. The molecule has 1 heterocycles. The normalized spacial score (nSPS) is 17.6. The van der Waals surface area contributed by atoms with Crippen molar-refractivity contribution in [2.24, 2.45) is 0 Å². The first kappa shape index (κ1) is 11.1. The first-order valence-corrected chi connectivity index (χ1v) is 5.13. The van der Waals surface area contributed by atoms with Gasteiger partial charge in [0.2, 0.25) is 0 Å². The van der Waals surface area contributed by atoms with Crippen LogP contribution in [0.3, 0.4) is 0 Å². The summed E-state index contributed by atoms with van der Waals surface area (Å²) < 4.78 is 18.6. The molecule has 16 heavy (non-hydrogen) atoms. The quantitative estimate of drug-likeness (QED) is 0.833. The van der Waals surface area contributed by atoms with E-state index in [1.807, 2.05) is 6.07 Å². The summed E-state index contributed by atoms with van der Waals surface area (Å²) in [5.41, 5.74) is 0.835. The molecule has 0 atom stereocenters. The zero-order chi connectivity index (χ0) is 11.6. The van der Waals surface area contributed by atoms with Gasteiger partial charge in [0.05, 0.1) is 11.2 Å². The largest absolute Gasteiger partial charge is 0.375 e. The highest BCUT2D eigenvalue weighted by atomic mass is 19.1. The van der Waals surface area contributed by atoms with Crippen molar-refractivity contribution in [2.45, 2.75) is 12.0 Å². The lowest BCUT2D eigenvalue weighted by Crippen LogP contribution is -2.61. The van der Waals surface area contributed by atoms with Gasteiger partial charge in [-0.3, -0.25) is 0 Å². The fourth-order valence-electron chi connectivity index (χ4n) is 1.89. The lowest BCUT2D eigenvalue weighted by atomic mass is 9.88. The Morgan fingerprint density at radius 2 is 2.31 bits per heavy atom. The molecular weight excluding hydrogens is 207 g/mol. The summed E-state index contributed by atoms with van der Waals surface area (Å²) in [4.78, 5) is 0. The van der Waals surface area contributed by atoms with E-state index < -0.39 is 5.82 Å². The predicted octanol–water partition coefficient (Wildman–Crippen LogP) is 1.23. The van der Waals surface area contributed by atoms with Gasteiger partial charge in [-0.05, 0) is 17.7 Å². The van der Waals surface area contributed by atoms with Gasteiger partial charge in [-0.1, -0.05) is 6.07 Å². The highest BCUT2D eigenvalue weighted by Crippen LogP contribution is 2.22. The van der Waals surface area contributed by atoms with Gasteiger partial charge in [0, 0.05) is 26.6 Å². The second kappa shape index (κ2) is 4.20. The number of nitrogens with zero attached hydrogens (tertiary/aromatic N) is 1. The molecule has 0 bridgehead atoms. The number of nitriles is 1. The van der Waals surface area contributed by atoms with E-state index >= 15 is 0 Å². The maximum absolute atomic E-state index is 13.1. The average Bonchev–Trinajstić information content (AvgIpc) is 2.25. The third-order valence-corrected chi connectivity index (χ3v) is 3.00. The van der Waals surface area contributed by atoms with Crippen molar-refractivity contribution in [3.05, 3.63) is 35.1 Å². The van der Waals surface area contributed by atoms with Crippen LogP contribution in [0.5, 0.6) is 0 Å². The summed E-state index contributed by atoms with van der Waals surface area (Å²) in [7, 11) is 1.68. The molecule has 4 heteroatoms. The second-order valence-corrected chi connectivity index (χ2v) is 4.09. The van der Waals surface area contributed by atoms with E-state index in [9.17, 15) is 4.39 Å². The van der Waals surface area contributed by atoms with Gasteiger partial charge in [-0.2, -0.15) is 5.26 Å². The van der Waals surface area contributed by atoms with Crippen LogP contribution in [0.2, 0.25) is 0 Å². The van der Waals surface area contributed by atoms with Gasteiger partial charge in [0.15, 0.2) is 0 Å². The summed E-state index contributed by atoms with van der Waals surface area (Å²) in [6.07, 6.45) is 0.700. The van der Waals surface area contributed by atoms with Crippen LogP contribution < -0.4 is 5.32 Å². The van der Waals surface area contributed by atoms with E-state index in [0.29, 0.717) is 6.42 Å². The number of hydrogen-bond acceptors (Lipinski definition) is 3. The van der Waals surface area contributed by atoms with E-state index in [1.54, 1.807) is 19.2 Å². The Labute approximate surface area is 93.8 Å². The fourth-order valence-corrected chi connectivity index (χ4v) is 1.89. The Hall–Kier alpha value is -1.44. The zero-order valence-electron chi connectivity index (χ0n) is 9.09. The smallest absolute Gasteiger partial charge is 0.140 e. The number of halogens is 1. The first-order chi connectivity index (χ1) is 7.69. The summed E-state index contributed by atoms with van der Waals surface area (Å²) in [5.74, 6) is -0.468. The molecule has 0 saturated carbocycles. The Morgan fingerprint density at radius 3 is 2.81 bits per heavy atom. The van der Waals surface area contributed by atoms with Gasteiger partial charge in [-0.15, -0.1) is 0 Å². The van der Waals surface area contributed by atoms with Crippen molar-refractivity contribution in [2.75, 3.05) is 20.2 Å². The molecule has 1 aromatic carbocycles. The minimum absolute atomic E-state index is 0.0936. The lowest BCUT2D eigenvalue weighted by molar-refractivity contribution is -0.0502. The molecule has 1 aromatic rings. The summed E-state index contributed by atoms with van der Waals surface area (Å²) in [6.45, 7) is 1.59. The summed E-state index contributed by atoms with van der Waals surface area (Å²) in [5, 5.41) is 11.9. The summed E-state index contributed by atoms with van der Waals surface area (Å²) >= 11 is 0. The highest BCUT2D eigenvalue weighted by molar-refractivity contribution is 5.35. The van der Waals surface area contributed by atoms with Crippen molar-refractivity contribution < 1.29 is 9.13 Å². The molecule has 2 rings (SSSR count). The van der Waals surface area contributed by atoms with E-state index in [4.69, 9.17) is 10.00 Å². The van der Waals surface area contributed by atoms with Crippen LogP contribution in [-0.2, 0) is 11.2 Å². The molecule has 0 radical (unpaired) electrons. The zero-order valence-corrected chi connectivity index (χ0v) is 9.09. The molecule has 0 aliphatic carbocycles. The van der Waals surface area contributed by atoms with Crippen molar-refractivity contribution in [1.82, 2.24) is 5.32 Å². The molecule has 0 amide bonds. The van der Waals surface area contributed by atoms with E-state index in [2.05, 4.69) is 5.32 Å². The third kappa shape index (κ3) is 1.92. The Balaban J connectivity index is 2.19. The minimum atomic E-state index is -0.468. The average molecular weight is 220 g/mol. The Bertz CT molecular complexity index is 430. The minimum Gasteiger partial charge on any atom is -0.375 e. The topological polar surface area (TPSA) is 45.0 Å². The maximum Gasteiger partial charge on any atom is 0.140 e. The van der Waals surface area contributed by atoms with Crippen LogP contribution in [0.4, 0.5) is 4.39 Å². The van der Waals surface area contributed by atoms with Crippen LogP contribution >= 0.6 is 0 Å². The van der Waals surface area contributed by atoms with Gasteiger partial charge >= 0.3 is 0 Å². The lowest BCUT2D eigenvalue weighted by Gasteiger charge is -2.41. The molecule has 1 saturated heterocycles. The van der Waals surface area contributed by atoms with E-state index in [-0.39, 0.29) is 11.2 Å². The van der Waals surface area contributed by atoms with Crippen LogP contribution in [0.25, 0.3) is 0 Å². The third-order valence-electron chi connectivity index (χ3n) is 3.00. The molecule has 1 aliphatic rings. The molecule has 84 valence electrons. The molecular formula is C12H13FN2O. The molecule has 1 aliphatic heterocycles. The van der Waals surface area contributed by atoms with Crippen LogP contribution in [-0.4, -0.2) is 25.8 Å². The standard InChI is InChI=1S/C12H13FN2O/c1-16-12(7-15-8-12)5-9-2-3-11(13)10(4-9)6-14/h2-4,15H,5,7-8H2,1H3. The van der Waals surface area contributed by atoms with E-state index in [0.717, 1.165) is 18.7 Å². The Kier molecular flexibility index (Phi) is 2.90. The highest BCUT2D eigenvalue weighted by Gasteiger charge is 2.36. The number of methoxy groups -OCH3 is 1. The van der Waals surface area contributed by atoms with Crippen molar-refractivity contribution >= 4 is 0 Å². The van der Waals surface area contributed by atoms with E-state index in [1.165, 1.54) is 6.07 Å². The van der Waals surface area contributed by atoms with Crippen molar-refractivity contribution in [3.8, 4) is 6.07 Å². The van der Waals surface area contributed by atoms with Gasteiger partial charge in [0.1, 0.15) is 11.9 Å². The Morgan fingerprint density at radius 1 is 1.56 bits per heavy atom. The number of rotatable bonds is 3. The SMILES string of the molecule is COC1(Cc2ccc(F)c(C#N)c2)CNC1. The second-order valence-electron chi connectivity index (χ2n) is 4.09. The predicted molar refractivity (Wildman–Crippen MR) is 57.4 cm³/mol. The number of ether oxygens (including phenoxy) is 1. The van der Waals surface area contributed by atoms with Gasteiger partial charge in [0.25, 0.3) is 0 Å².